The zero-order valence-electron chi connectivity index (χ0n) is 79.1. The molecule has 3 atom stereocenters. The summed E-state index contributed by atoms with van der Waals surface area (Å²) in [6.07, 6.45) is 27.8. The van der Waals surface area contributed by atoms with E-state index < -0.39 is 0 Å². The van der Waals surface area contributed by atoms with Crippen LogP contribution in [-0.4, -0.2) is 118 Å². The van der Waals surface area contributed by atoms with E-state index in [2.05, 4.69) is 257 Å². The zero-order chi connectivity index (χ0) is 94.6. The molecule has 17 aromatic rings. The summed E-state index contributed by atoms with van der Waals surface area (Å²) in [5.41, 5.74) is 27.6. The van der Waals surface area contributed by atoms with Crippen LogP contribution in [0.1, 0.15) is 38.9 Å². The van der Waals surface area contributed by atoms with E-state index >= 15 is 0 Å². The molecule has 10 aliphatic heterocycles. The average Bonchev–Trinajstić information content (AvgIpc) is 1.51. The van der Waals surface area contributed by atoms with Gasteiger partial charge < -0.3 is 68.6 Å². The van der Waals surface area contributed by atoms with Crippen LogP contribution in [0, 0.1) is 78.6 Å². The van der Waals surface area contributed by atoms with Crippen LogP contribution in [0.3, 0.4) is 0 Å². The second kappa shape index (κ2) is 41.7. The number of rotatable bonds is 9. The van der Waals surface area contributed by atoms with Crippen molar-refractivity contribution in [2.75, 3.05) is 94.0 Å². The van der Waals surface area contributed by atoms with Crippen molar-refractivity contribution in [2.24, 2.45) is 0 Å². The van der Waals surface area contributed by atoms with Gasteiger partial charge in [-0.2, -0.15) is 141 Å². The van der Waals surface area contributed by atoms with Crippen LogP contribution >= 0.6 is 0 Å². The van der Waals surface area contributed by atoms with Crippen molar-refractivity contribution in [1.82, 2.24) is 64.6 Å². The molecule has 706 valence electrons. The van der Waals surface area contributed by atoms with Gasteiger partial charge in [0.2, 0.25) is 0 Å². The molecule has 0 saturated carbocycles. The van der Waals surface area contributed by atoms with Crippen LogP contribution in [0.15, 0.2) is 360 Å². The van der Waals surface area contributed by atoms with Gasteiger partial charge in [-0.15, -0.1) is 29.4 Å². The molecule has 16 heterocycles. The minimum atomic E-state index is 0. The van der Waals surface area contributed by atoms with Crippen LogP contribution in [-0.2, 0) is 59.5 Å². The van der Waals surface area contributed by atoms with E-state index in [0.29, 0.717) is 12.3 Å². The first-order valence-corrected chi connectivity index (χ1v) is 46.2. The first kappa shape index (κ1) is 93.9. The third kappa shape index (κ3) is 18.8. The Labute approximate surface area is 850 Å². The number of fused-ring (bicyclic) bond motifs is 17. The van der Waals surface area contributed by atoms with E-state index in [1.807, 2.05) is 289 Å². The predicted molar refractivity (Wildman–Crippen MR) is 555 cm³/mol. The number of para-hydroxylation sites is 9. The van der Waals surface area contributed by atoms with Gasteiger partial charge in [-0.1, -0.05) is 133 Å². The fourth-order valence-electron chi connectivity index (χ4n) is 19.0. The van der Waals surface area contributed by atoms with Gasteiger partial charge in [0, 0.05) is 143 Å². The molecule has 0 amide bonds. The molecule has 0 aliphatic carbocycles. The van der Waals surface area contributed by atoms with E-state index in [1.54, 1.807) is 31.2 Å². The molecule has 3 unspecified atom stereocenters. The van der Waals surface area contributed by atoms with Crippen LogP contribution in [0.5, 0.6) is 0 Å². The molecule has 141 heavy (non-hydrogen) atoms. The molecule has 0 fully saturated rings. The molecule has 0 bridgehead atoms. The SMILES string of the molecule is CN1C=CN(c2[c-]cccc2)[CH-]1.CN1C=CN(c2[c-]cccc2)[CH-]1.CN1[CH-]N(c2[c-]cccc2)c2ncncc21.Cc1cccc(C)c1-c1ncnc2c1N(c1ccccc1)C1Cc3ccccc3N21.Cc1ccccc1-c1ncc2c(n1)N(C)C1Cc3ccccc3N21.Cc1cnccc1-c1ncc2c(n1)N(C)C1Cc3ccccc3N21.[Ir].[Ir].[c-]1ccccc1N1[CH-]N(c2ccccc2)c2nccnc21. The number of hydrogen-bond donors (Lipinski definition) is 0. The topological polar surface area (TPSA) is 187 Å². The number of likely N-dealkylation sites (N-methyl/N-ethyl adjacent to an activating group) is 2. The molecule has 2 radical (unpaired) electrons. The van der Waals surface area contributed by atoms with Gasteiger partial charge in [-0.25, -0.2) is 49.8 Å². The molecule has 27 rings (SSSR count). The Balaban J connectivity index is 0.000000106. The quantitative estimate of drug-likeness (QED) is 0.124. The second-order valence-corrected chi connectivity index (χ2v) is 34.6. The molecule has 0 N–H and O–H groups in total. The Morgan fingerprint density at radius 2 is 0.759 bits per heavy atom. The fourth-order valence-corrected chi connectivity index (χ4v) is 19.0. The summed E-state index contributed by atoms with van der Waals surface area (Å²) < 4.78 is 0. The average molecular weight is 2200 g/mol. The normalized spacial score (nSPS) is 15.8. The van der Waals surface area contributed by atoms with Crippen molar-refractivity contribution in [3.63, 3.8) is 0 Å². The monoisotopic (exact) mass is 2200 g/mol. The number of pyridine rings is 1. The maximum atomic E-state index is 4.89. The molecule has 0 spiro atoms. The summed E-state index contributed by atoms with van der Waals surface area (Å²) in [5.74, 6) is 7.08. The summed E-state index contributed by atoms with van der Waals surface area (Å²) in [6, 6.07) is 107. The van der Waals surface area contributed by atoms with Crippen LogP contribution < -0.4 is 58.8 Å². The first-order chi connectivity index (χ1) is 68.2. The van der Waals surface area contributed by atoms with E-state index in [4.69, 9.17) is 19.9 Å². The molecule has 11 aromatic carbocycles. The van der Waals surface area contributed by atoms with Crippen molar-refractivity contribution in [3.05, 3.63) is 450 Å². The maximum Gasteiger partial charge on any atom is 0.162 e. The van der Waals surface area contributed by atoms with Gasteiger partial charge in [-0.05, 0) is 161 Å². The van der Waals surface area contributed by atoms with Crippen molar-refractivity contribution in [1.29, 1.82) is 0 Å². The Kier molecular flexibility index (Phi) is 27.8. The smallest absolute Gasteiger partial charge is 0.162 e. The number of hydrogen-bond acceptors (Lipinski definition) is 25. The summed E-state index contributed by atoms with van der Waals surface area (Å²) in [5, 5.41) is 0. The van der Waals surface area contributed by atoms with Crippen molar-refractivity contribution in [3.8, 4) is 34.0 Å². The fraction of sp³-hybridized carbons (Fsp3) is 0.132. The molecule has 27 heteroatoms. The van der Waals surface area contributed by atoms with Gasteiger partial charge >= 0.3 is 0 Å². The van der Waals surface area contributed by atoms with Gasteiger partial charge in [0.05, 0.1) is 24.3 Å². The summed E-state index contributed by atoms with van der Waals surface area (Å²) in [7, 11) is 10.2. The second-order valence-electron chi connectivity index (χ2n) is 34.6. The number of anilines is 19. The minimum absolute atomic E-state index is 0. The largest absolute Gasteiger partial charge is 0.510 e. The maximum absolute atomic E-state index is 4.89. The Hall–Kier alpha value is -16.1. The van der Waals surface area contributed by atoms with E-state index in [1.165, 1.54) is 61.7 Å². The Morgan fingerprint density at radius 3 is 1.27 bits per heavy atom. The van der Waals surface area contributed by atoms with Crippen molar-refractivity contribution < 1.29 is 40.2 Å². The van der Waals surface area contributed by atoms with E-state index in [9.17, 15) is 0 Å². The Bertz CT molecular complexity index is 7000. The van der Waals surface area contributed by atoms with Crippen LogP contribution in [0.2, 0.25) is 0 Å². The molecule has 25 nitrogen and oxygen atoms in total. The number of aromatic nitrogens is 11. The van der Waals surface area contributed by atoms with Crippen molar-refractivity contribution in [2.45, 2.75) is 65.5 Å². The molecular weight excluding hydrogens is 2100 g/mol. The third-order valence-corrected chi connectivity index (χ3v) is 25.7. The van der Waals surface area contributed by atoms with Gasteiger partial charge in [0.25, 0.3) is 0 Å². The number of aryl methyl sites for hydroxylation is 4. The van der Waals surface area contributed by atoms with Gasteiger partial charge in [-0.3, -0.25) is 4.98 Å². The summed E-state index contributed by atoms with van der Waals surface area (Å²) in [6.45, 7) is 16.4. The number of nitrogens with zero attached hydrogens (tertiary/aromatic N) is 25. The van der Waals surface area contributed by atoms with Crippen molar-refractivity contribution >= 4 is 109 Å². The van der Waals surface area contributed by atoms with Crippen LogP contribution in [0.4, 0.5) is 109 Å². The van der Waals surface area contributed by atoms with E-state index in [0.717, 1.165) is 139 Å². The third-order valence-electron chi connectivity index (χ3n) is 25.7. The standard InChI is InChI=1S/C26H22N4.C20H18N4.C19H17N5.C17H12N4.C12H10N4.2C10H10N2.2Ir/c1-17-9-8-10-18(2)23(17)24-25-26(28-16-27-24)30-21-14-7-6-11-19(21)15-22(30)29(25)20-12-4-3-5-13-20;1-13-7-3-5-9-15(13)19-21-12-17-20(22-19)23(2)18-11-14-8-4-6-10-16(14)24(17)18;1-12-10-20-8-7-14(12)18-21-11-16-19(22-18)23(2)17-9-13-5-3-4-6-15(13)24(16)17;1-3-7-14(8-4-1)20-13-21(15-9-5-2-6-10-15)17-16(20)18-11-12-19-17;1-15-9-16(10-5-3-2-4-6-10)12-11(15)7-13-8-14-12;2*1-11-7-8-12(9-11)10-5-3-2-4-6-10;;/h3-14,16,22H,15H2,1-2H3;3-10,12,18H,11H2,1-2H3;3-8,10-11,17H,9H2,1-2H3;1-9,11-13H;2-5,7-9H,1H3;2*2-5,7-9H,1H3;;/q;;;4*-2;;. The van der Waals surface area contributed by atoms with Gasteiger partial charge in [0.1, 0.15) is 71.4 Å². The first-order valence-electron chi connectivity index (χ1n) is 46.2. The number of benzene rings is 11. The summed E-state index contributed by atoms with van der Waals surface area (Å²) >= 11 is 0. The molecular formula is C114H99Ir2N25-8. The summed E-state index contributed by atoms with van der Waals surface area (Å²) in [4.78, 5) is 80.2. The van der Waals surface area contributed by atoms with Crippen LogP contribution in [0.25, 0.3) is 34.0 Å². The molecule has 0 saturated heterocycles. The Morgan fingerprint density at radius 1 is 0.305 bits per heavy atom. The molecule has 6 aromatic heterocycles. The predicted octanol–water partition coefficient (Wildman–Crippen LogP) is 22.5. The van der Waals surface area contributed by atoms with Gasteiger partial charge in [0.15, 0.2) is 29.1 Å². The van der Waals surface area contributed by atoms with E-state index in [-0.39, 0.29) is 46.4 Å². The minimum Gasteiger partial charge on any atom is -0.510 e. The zero-order valence-corrected chi connectivity index (χ0v) is 83.9. The molecule has 10 aliphatic rings.